The molecule has 23 heavy (non-hydrogen) atoms. The maximum atomic E-state index is 11.2. The van der Waals surface area contributed by atoms with Gasteiger partial charge in [0.05, 0.1) is 0 Å². The number of rotatable bonds is 7. The van der Waals surface area contributed by atoms with Crippen LogP contribution in [0.5, 0.6) is 0 Å². The Bertz CT molecular complexity index is 719. The van der Waals surface area contributed by atoms with Gasteiger partial charge in [0.25, 0.3) is 0 Å². The summed E-state index contributed by atoms with van der Waals surface area (Å²) in [5.41, 5.74) is -1.15. The van der Waals surface area contributed by atoms with Gasteiger partial charge in [-0.1, -0.05) is 30.3 Å². The maximum absolute atomic E-state index is 11.2. The molecule has 0 saturated carbocycles. The third-order valence-electron chi connectivity index (χ3n) is 2.95. The fourth-order valence-corrected chi connectivity index (χ4v) is 5.04. The fourth-order valence-electron chi connectivity index (χ4n) is 1.88. The van der Waals surface area contributed by atoms with E-state index in [4.69, 9.17) is 19.6 Å². The lowest BCUT2D eigenvalue weighted by molar-refractivity contribution is 0.343. The van der Waals surface area contributed by atoms with E-state index in [1.165, 1.54) is 6.20 Å². The summed E-state index contributed by atoms with van der Waals surface area (Å²) in [6, 6.07) is 9.75. The zero-order valence-electron chi connectivity index (χ0n) is 11.8. The van der Waals surface area contributed by atoms with Crippen LogP contribution in [0.3, 0.4) is 0 Å². The quantitative estimate of drug-likeness (QED) is 0.461. The van der Waals surface area contributed by atoms with E-state index < -0.39 is 20.7 Å². The van der Waals surface area contributed by atoms with Gasteiger partial charge in [0.1, 0.15) is 0 Å². The third-order valence-corrected chi connectivity index (χ3v) is 7.27. The monoisotopic (exact) mass is 378 g/mol. The van der Waals surface area contributed by atoms with Gasteiger partial charge in [-0.05, 0) is 18.4 Å². The van der Waals surface area contributed by atoms with Crippen LogP contribution in [-0.4, -0.2) is 30.1 Å². The molecule has 0 unspecified atom stereocenters. The Morgan fingerprint density at radius 3 is 2.22 bits per heavy atom. The zero-order valence-corrected chi connectivity index (χ0v) is 14.4. The minimum absolute atomic E-state index is 0.0599. The van der Waals surface area contributed by atoms with Crippen molar-refractivity contribution in [1.82, 2.24) is 4.98 Å². The zero-order chi connectivity index (χ0) is 17.1. The number of aromatic nitrogens is 1. The summed E-state index contributed by atoms with van der Waals surface area (Å²) in [7, 11) is -10.0. The molecule has 0 spiro atoms. The molecule has 8 nitrogen and oxygen atoms in total. The Hall–Kier alpha value is -1.05. The molecule has 0 saturated heterocycles. The van der Waals surface area contributed by atoms with Crippen molar-refractivity contribution < 1.29 is 28.7 Å². The van der Waals surface area contributed by atoms with Gasteiger partial charge in [0.15, 0.2) is 5.13 Å². The molecule has 0 fully saturated rings. The van der Waals surface area contributed by atoms with Crippen molar-refractivity contribution in [3.8, 4) is 0 Å². The molecular weight excluding hydrogens is 362 g/mol. The molecule has 0 bridgehead atoms. The average molecular weight is 378 g/mol. The summed E-state index contributed by atoms with van der Waals surface area (Å²) < 4.78 is 22.4. The molecule has 0 aliphatic rings. The van der Waals surface area contributed by atoms with E-state index in [1.54, 1.807) is 0 Å². The van der Waals surface area contributed by atoms with E-state index in [-0.39, 0.29) is 5.13 Å². The molecule has 0 amide bonds. The molecule has 11 heteroatoms. The van der Waals surface area contributed by atoms with E-state index in [0.717, 1.165) is 28.2 Å². The summed E-state index contributed by atoms with van der Waals surface area (Å²) in [5, 5.41) is 2.22. The van der Waals surface area contributed by atoms with Gasteiger partial charge in [-0.25, -0.2) is 4.98 Å². The normalized spacial score (nSPS) is 12.6. The number of thiazole rings is 1. The van der Waals surface area contributed by atoms with Crippen LogP contribution < -0.4 is 5.32 Å². The number of nitrogens with zero attached hydrogens (tertiary/aromatic N) is 1. The number of nitrogens with one attached hydrogen (secondary N) is 1. The molecule has 0 aliphatic carbocycles. The van der Waals surface area contributed by atoms with Crippen LogP contribution >= 0.6 is 26.5 Å². The minimum Gasteiger partial charge on any atom is -0.338 e. The first-order valence-electron chi connectivity index (χ1n) is 6.52. The fraction of sp³-hybridized carbons (Fsp3) is 0.250. The first kappa shape index (κ1) is 18.3. The van der Waals surface area contributed by atoms with Crippen LogP contribution in [0.2, 0.25) is 0 Å². The molecular formula is C12H16N2O6P2S. The number of benzene rings is 1. The van der Waals surface area contributed by atoms with Crippen LogP contribution in [0.25, 0.3) is 0 Å². The molecule has 0 atom stereocenters. The highest BCUT2D eigenvalue weighted by Gasteiger charge is 2.44. The Morgan fingerprint density at radius 1 is 1.04 bits per heavy atom. The van der Waals surface area contributed by atoms with Crippen LogP contribution in [0, 0.1) is 0 Å². The van der Waals surface area contributed by atoms with Crippen molar-refractivity contribution in [2.24, 2.45) is 0 Å². The molecule has 126 valence electrons. The number of aryl methyl sites for hydroxylation is 2. The molecule has 2 rings (SSSR count). The third kappa shape index (κ3) is 5.51. The first-order valence-corrected chi connectivity index (χ1v) is 10.7. The number of anilines is 1. The largest absolute Gasteiger partial charge is 0.360 e. The van der Waals surface area contributed by atoms with Crippen LogP contribution in [0.15, 0.2) is 36.5 Å². The van der Waals surface area contributed by atoms with Gasteiger partial charge in [0.2, 0.25) is 5.52 Å². The van der Waals surface area contributed by atoms with E-state index in [2.05, 4.69) is 10.3 Å². The molecule has 0 radical (unpaired) electrons. The lowest BCUT2D eigenvalue weighted by atomic mass is 10.1. The Kier molecular flexibility index (Phi) is 5.75. The Balaban J connectivity index is 2.04. The van der Waals surface area contributed by atoms with E-state index >= 15 is 0 Å². The lowest BCUT2D eigenvalue weighted by Gasteiger charge is -2.19. The van der Waals surface area contributed by atoms with Gasteiger partial charge in [-0.2, -0.15) is 0 Å². The summed E-state index contributed by atoms with van der Waals surface area (Å²) >= 11 is 1.10. The van der Waals surface area contributed by atoms with Crippen molar-refractivity contribution in [1.29, 1.82) is 0 Å². The van der Waals surface area contributed by atoms with Gasteiger partial charge in [-0.15, -0.1) is 11.3 Å². The Morgan fingerprint density at radius 2 is 1.65 bits per heavy atom. The minimum atomic E-state index is -5.02. The van der Waals surface area contributed by atoms with Crippen molar-refractivity contribution in [3.05, 3.63) is 47.0 Å². The first-order chi connectivity index (χ1) is 10.7. The Labute approximate surface area is 136 Å². The van der Waals surface area contributed by atoms with Crippen molar-refractivity contribution in [3.63, 3.8) is 0 Å². The molecule has 1 aromatic carbocycles. The highest BCUT2D eigenvalue weighted by Crippen LogP contribution is 2.59. The molecule has 2 aromatic rings. The highest BCUT2D eigenvalue weighted by molar-refractivity contribution is 7.71. The molecule has 1 heterocycles. The van der Waals surface area contributed by atoms with Crippen molar-refractivity contribution >= 4 is 31.7 Å². The standard InChI is InChI=1S/C12H16N2O6P2S/c15-21(16,17)12(22(18,19)20)14-11-13-8-10(23-11)7-6-9-4-2-1-3-5-9/h1-5,8,12H,6-7H2,(H,13,14)(H2,15,16,17)(H2,18,19,20). The van der Waals surface area contributed by atoms with Crippen molar-refractivity contribution in [2.75, 3.05) is 5.32 Å². The van der Waals surface area contributed by atoms with E-state index in [1.807, 2.05) is 30.3 Å². The van der Waals surface area contributed by atoms with E-state index in [0.29, 0.717) is 6.42 Å². The van der Waals surface area contributed by atoms with Gasteiger partial charge in [0, 0.05) is 11.1 Å². The lowest BCUT2D eigenvalue weighted by Crippen LogP contribution is -2.19. The maximum Gasteiger partial charge on any atom is 0.360 e. The van der Waals surface area contributed by atoms with Crippen LogP contribution in [-0.2, 0) is 22.0 Å². The molecule has 5 N–H and O–H groups in total. The smallest absolute Gasteiger partial charge is 0.338 e. The summed E-state index contributed by atoms with van der Waals surface area (Å²) in [6.45, 7) is 0. The highest BCUT2D eigenvalue weighted by atomic mass is 32.1. The van der Waals surface area contributed by atoms with Crippen LogP contribution in [0.1, 0.15) is 10.4 Å². The molecule has 0 aliphatic heterocycles. The average Bonchev–Trinajstić information content (AvgIpc) is 2.89. The second-order valence-electron chi connectivity index (χ2n) is 4.81. The van der Waals surface area contributed by atoms with Gasteiger partial charge >= 0.3 is 15.2 Å². The summed E-state index contributed by atoms with van der Waals surface area (Å²) in [6.07, 6.45) is 2.95. The van der Waals surface area contributed by atoms with Gasteiger partial charge in [-0.3, -0.25) is 9.13 Å². The summed E-state index contributed by atoms with van der Waals surface area (Å²) in [4.78, 5) is 41.0. The number of hydrogen-bond acceptors (Lipinski definition) is 5. The SMILES string of the molecule is O=P(O)(O)C(Nc1ncc(CCc2ccccc2)s1)P(=O)(O)O. The predicted octanol–water partition coefficient (Wildman–Crippen LogP) is 1.98. The summed E-state index contributed by atoms with van der Waals surface area (Å²) in [5.74, 6) is 0. The van der Waals surface area contributed by atoms with Gasteiger partial charge < -0.3 is 24.9 Å². The molecule has 1 aromatic heterocycles. The second kappa shape index (κ2) is 7.23. The predicted molar refractivity (Wildman–Crippen MR) is 87.5 cm³/mol. The van der Waals surface area contributed by atoms with E-state index in [9.17, 15) is 9.13 Å². The van der Waals surface area contributed by atoms with Crippen LogP contribution in [0.4, 0.5) is 5.13 Å². The number of hydrogen-bond donors (Lipinski definition) is 5. The second-order valence-corrected chi connectivity index (χ2v) is 9.73. The topological polar surface area (TPSA) is 140 Å². The van der Waals surface area contributed by atoms with Crippen molar-refractivity contribution in [2.45, 2.75) is 18.4 Å².